The summed E-state index contributed by atoms with van der Waals surface area (Å²) in [5.41, 5.74) is 0. The molecule has 28 valence electrons. The van der Waals surface area contributed by atoms with Gasteiger partial charge in [0.05, 0.1) is 0 Å². The maximum atomic E-state index is 1.55. The Morgan fingerprint density at radius 3 is 1.50 bits per heavy atom. The van der Waals surface area contributed by atoms with Crippen LogP contribution in [0.3, 0.4) is 0 Å². The zero-order valence-electron chi connectivity index (χ0n) is 2.44. The fraction of sp³-hybridized carbons (Fsp3) is 1.00. The second-order valence-corrected chi connectivity index (χ2v) is 3.16. The SMILES string of the molecule is C1[CH2][Pd][CH2]1. The third-order valence-electron chi connectivity index (χ3n) is 0.447. The van der Waals surface area contributed by atoms with E-state index in [0.717, 1.165) is 0 Å². The third-order valence-corrected chi connectivity index (χ3v) is 2.65. The molecule has 0 saturated carbocycles. The van der Waals surface area contributed by atoms with E-state index in [1.165, 1.54) is 24.4 Å². The van der Waals surface area contributed by atoms with Crippen molar-refractivity contribution < 1.29 is 18.0 Å². The molecule has 1 saturated heterocycles. The molecule has 1 aliphatic rings. The van der Waals surface area contributed by atoms with E-state index >= 15 is 0 Å². The first-order valence-electron chi connectivity index (χ1n) is 1.45. The molecule has 0 radical (unpaired) electrons. The Bertz CT molecular complexity index is 11.2. The fourth-order valence-corrected chi connectivity index (χ4v) is 0.661. The predicted octanol–water partition coefficient (Wildman–Crippen LogP) is 1.31. The van der Waals surface area contributed by atoms with E-state index in [1.807, 2.05) is 0 Å². The van der Waals surface area contributed by atoms with E-state index in [1.54, 1.807) is 9.79 Å². The molecule has 1 heteroatoms. The van der Waals surface area contributed by atoms with Gasteiger partial charge in [0.2, 0.25) is 0 Å². The van der Waals surface area contributed by atoms with Crippen LogP contribution in [0, 0.1) is 0 Å². The molecule has 0 bridgehead atoms. The van der Waals surface area contributed by atoms with Gasteiger partial charge < -0.3 is 0 Å². The Kier molecular flexibility index (Phi) is 0.859. The van der Waals surface area contributed by atoms with Gasteiger partial charge in [0.25, 0.3) is 0 Å². The van der Waals surface area contributed by atoms with Crippen molar-refractivity contribution in [1.29, 1.82) is 0 Å². The van der Waals surface area contributed by atoms with E-state index in [-0.39, 0.29) is 0 Å². The van der Waals surface area contributed by atoms with Crippen molar-refractivity contribution in [3.63, 3.8) is 0 Å². The standard InChI is InChI=1S/C3H6.Pd/c1-3-2;/h1-3H2;. The normalized spacial score (nSPS) is 26.0. The molecule has 0 aromatic carbocycles. The summed E-state index contributed by atoms with van der Waals surface area (Å²) in [4.78, 5) is 3.10. The van der Waals surface area contributed by atoms with Crippen LogP contribution < -0.4 is 0 Å². The molecule has 0 aromatic rings. The van der Waals surface area contributed by atoms with Gasteiger partial charge in [-0.25, -0.2) is 0 Å². The van der Waals surface area contributed by atoms with E-state index < -0.39 is 0 Å². The number of hydrogen-bond acceptors (Lipinski definition) is 0. The molecule has 0 unspecified atom stereocenters. The second kappa shape index (κ2) is 1.19. The summed E-state index contributed by atoms with van der Waals surface area (Å²) in [5.74, 6) is 0. The molecule has 0 aliphatic carbocycles. The Morgan fingerprint density at radius 1 is 1.25 bits per heavy atom. The average molecular weight is 149 g/mol. The van der Waals surface area contributed by atoms with E-state index in [4.69, 9.17) is 0 Å². The number of rotatable bonds is 0. The molecule has 0 aromatic heterocycles. The third kappa shape index (κ3) is 0.338. The van der Waals surface area contributed by atoms with Crippen LogP contribution in [-0.2, 0) is 18.0 Å². The molecular formula is C3H6Pd. The minimum atomic E-state index is 1.18. The molecule has 4 heavy (non-hydrogen) atoms. The topological polar surface area (TPSA) is 0 Å². The van der Waals surface area contributed by atoms with Crippen LogP contribution in [0.15, 0.2) is 0 Å². The molecule has 0 spiro atoms. The van der Waals surface area contributed by atoms with Gasteiger partial charge >= 0.3 is 34.2 Å². The molecular weight excluding hydrogens is 142 g/mol. The van der Waals surface area contributed by atoms with Gasteiger partial charge in [0.1, 0.15) is 0 Å². The van der Waals surface area contributed by atoms with Gasteiger partial charge in [0, 0.05) is 0 Å². The van der Waals surface area contributed by atoms with Gasteiger partial charge in [-0.3, -0.25) is 0 Å². The van der Waals surface area contributed by atoms with Crippen molar-refractivity contribution >= 4 is 0 Å². The molecule has 1 aliphatic heterocycles. The predicted molar refractivity (Wildman–Crippen MR) is 14.2 cm³/mol. The van der Waals surface area contributed by atoms with Crippen LogP contribution in [0.4, 0.5) is 0 Å². The first kappa shape index (κ1) is 2.88. The van der Waals surface area contributed by atoms with Crippen molar-refractivity contribution in [2.24, 2.45) is 0 Å². The Hall–Kier alpha value is 0.662. The quantitative estimate of drug-likeness (QED) is 0.455. The van der Waals surface area contributed by atoms with Crippen molar-refractivity contribution in [2.45, 2.75) is 16.2 Å². The first-order chi connectivity index (χ1) is 2.00. The van der Waals surface area contributed by atoms with Crippen molar-refractivity contribution in [1.82, 2.24) is 0 Å². The van der Waals surface area contributed by atoms with Crippen LogP contribution in [0.1, 0.15) is 6.42 Å². The van der Waals surface area contributed by atoms with Crippen LogP contribution in [0.2, 0.25) is 9.79 Å². The Morgan fingerprint density at radius 2 is 1.50 bits per heavy atom. The van der Waals surface area contributed by atoms with Gasteiger partial charge in [0.15, 0.2) is 0 Å². The molecule has 1 rings (SSSR count). The van der Waals surface area contributed by atoms with Crippen LogP contribution in [0.5, 0.6) is 0 Å². The van der Waals surface area contributed by atoms with Gasteiger partial charge in [-0.2, -0.15) is 0 Å². The van der Waals surface area contributed by atoms with Gasteiger partial charge in [-0.15, -0.1) is 0 Å². The van der Waals surface area contributed by atoms with E-state index in [9.17, 15) is 0 Å². The summed E-state index contributed by atoms with van der Waals surface area (Å²) in [6.45, 7) is 0. The van der Waals surface area contributed by atoms with Crippen molar-refractivity contribution in [3.8, 4) is 0 Å². The summed E-state index contributed by atoms with van der Waals surface area (Å²) in [7, 11) is 0. The molecule has 1 fully saturated rings. The second-order valence-electron chi connectivity index (χ2n) is 0.828. The van der Waals surface area contributed by atoms with E-state index in [0.29, 0.717) is 0 Å². The van der Waals surface area contributed by atoms with Gasteiger partial charge in [-0.05, 0) is 0 Å². The Labute approximate surface area is 34.7 Å². The van der Waals surface area contributed by atoms with Crippen LogP contribution in [-0.4, -0.2) is 0 Å². The molecule has 0 atom stereocenters. The van der Waals surface area contributed by atoms with Crippen molar-refractivity contribution in [2.75, 3.05) is 0 Å². The summed E-state index contributed by atoms with van der Waals surface area (Å²) >= 11 is 1.18. The zero-order valence-corrected chi connectivity index (χ0v) is 3.99. The van der Waals surface area contributed by atoms with Crippen LogP contribution >= 0.6 is 0 Å². The summed E-state index contributed by atoms with van der Waals surface area (Å²) < 4.78 is 0. The zero-order chi connectivity index (χ0) is 2.83. The van der Waals surface area contributed by atoms with Crippen molar-refractivity contribution in [3.05, 3.63) is 0 Å². The fourth-order valence-electron chi connectivity index (χ4n) is 0.112. The average Bonchev–Trinajstić information content (AvgIpc) is 0.722. The maximum absolute atomic E-state index is 1.55. The van der Waals surface area contributed by atoms with E-state index in [2.05, 4.69) is 0 Å². The molecule has 0 nitrogen and oxygen atoms in total. The molecule has 0 amide bonds. The molecule has 1 heterocycles. The summed E-state index contributed by atoms with van der Waals surface area (Å²) in [5, 5.41) is 0. The molecule has 0 N–H and O–H groups in total. The summed E-state index contributed by atoms with van der Waals surface area (Å²) in [6.07, 6.45) is 1.52. The van der Waals surface area contributed by atoms with Gasteiger partial charge in [-0.1, -0.05) is 0 Å². The minimum absolute atomic E-state index is 1.18. The summed E-state index contributed by atoms with van der Waals surface area (Å²) in [6, 6.07) is 0. The van der Waals surface area contributed by atoms with Crippen LogP contribution in [0.25, 0.3) is 0 Å². The monoisotopic (exact) mass is 148 g/mol. The first-order valence-corrected chi connectivity index (χ1v) is 3.65. The Balaban J connectivity index is 2.00. The number of hydrogen-bond donors (Lipinski definition) is 0.